The van der Waals surface area contributed by atoms with Crippen molar-refractivity contribution in [2.24, 2.45) is 0 Å². The van der Waals surface area contributed by atoms with Crippen molar-refractivity contribution in [3.8, 4) is 0 Å². The third-order valence-corrected chi connectivity index (χ3v) is 3.43. The zero-order chi connectivity index (χ0) is 13.1. The molecule has 0 radical (unpaired) electrons. The van der Waals surface area contributed by atoms with E-state index in [4.69, 9.17) is 5.11 Å². The molecular formula is C15H19NO2. The molecule has 18 heavy (non-hydrogen) atoms. The number of benzene rings is 1. The third kappa shape index (κ3) is 2.92. The molecule has 1 aliphatic rings. The Morgan fingerprint density at radius 1 is 1.28 bits per heavy atom. The number of hydrogen-bond acceptors (Lipinski definition) is 2. The average Bonchev–Trinajstić information content (AvgIpc) is 2.30. The first-order valence-corrected chi connectivity index (χ1v) is 6.31. The van der Waals surface area contributed by atoms with Gasteiger partial charge in [0, 0.05) is 24.9 Å². The fourth-order valence-electron chi connectivity index (χ4n) is 2.51. The Kier molecular flexibility index (Phi) is 3.70. The second-order valence-electron chi connectivity index (χ2n) is 4.92. The van der Waals surface area contributed by atoms with Crippen LogP contribution in [0.3, 0.4) is 0 Å². The molecule has 1 aromatic carbocycles. The van der Waals surface area contributed by atoms with Crippen LogP contribution in [0.25, 0.3) is 0 Å². The van der Waals surface area contributed by atoms with Crippen LogP contribution in [0.15, 0.2) is 29.8 Å². The second kappa shape index (κ2) is 5.25. The molecule has 0 aliphatic carbocycles. The van der Waals surface area contributed by atoms with Crippen molar-refractivity contribution in [2.45, 2.75) is 26.7 Å². The van der Waals surface area contributed by atoms with Crippen molar-refractivity contribution in [2.75, 3.05) is 18.0 Å². The molecular weight excluding hydrogens is 226 g/mol. The molecule has 96 valence electrons. The van der Waals surface area contributed by atoms with Gasteiger partial charge < -0.3 is 10.0 Å². The predicted molar refractivity (Wildman–Crippen MR) is 73.1 cm³/mol. The highest BCUT2D eigenvalue weighted by atomic mass is 16.4. The number of carboxylic acids is 1. The Bertz CT molecular complexity index is 481. The van der Waals surface area contributed by atoms with E-state index in [9.17, 15) is 4.79 Å². The normalized spacial score (nSPS) is 15.7. The van der Waals surface area contributed by atoms with Crippen molar-refractivity contribution >= 4 is 11.7 Å². The van der Waals surface area contributed by atoms with E-state index in [2.05, 4.69) is 36.9 Å². The molecule has 1 saturated heterocycles. The topological polar surface area (TPSA) is 40.5 Å². The summed E-state index contributed by atoms with van der Waals surface area (Å²) in [5, 5.41) is 8.73. The van der Waals surface area contributed by atoms with Gasteiger partial charge in [-0.3, -0.25) is 0 Å². The molecule has 0 bridgehead atoms. The maximum absolute atomic E-state index is 10.6. The second-order valence-corrected chi connectivity index (χ2v) is 4.92. The lowest BCUT2D eigenvalue weighted by molar-refractivity contribution is -0.131. The fraction of sp³-hybridized carbons (Fsp3) is 0.400. The smallest absolute Gasteiger partial charge is 0.328 e. The highest BCUT2D eigenvalue weighted by molar-refractivity contribution is 5.80. The van der Waals surface area contributed by atoms with Gasteiger partial charge in [0.05, 0.1) is 0 Å². The average molecular weight is 245 g/mol. The summed E-state index contributed by atoms with van der Waals surface area (Å²) in [7, 11) is 0. The van der Waals surface area contributed by atoms with Gasteiger partial charge in [-0.05, 0) is 38.3 Å². The lowest BCUT2D eigenvalue weighted by Crippen LogP contribution is -2.31. The summed E-state index contributed by atoms with van der Waals surface area (Å²) in [6.45, 7) is 6.04. The summed E-state index contributed by atoms with van der Waals surface area (Å²) in [5.74, 6) is -0.829. The van der Waals surface area contributed by atoms with Gasteiger partial charge in [0.25, 0.3) is 0 Å². The number of rotatable bonds is 2. The van der Waals surface area contributed by atoms with Gasteiger partial charge >= 0.3 is 5.97 Å². The number of hydrogen-bond donors (Lipinski definition) is 1. The number of carbonyl (C=O) groups is 1. The lowest BCUT2D eigenvalue weighted by Gasteiger charge is -2.31. The van der Waals surface area contributed by atoms with Gasteiger partial charge in [0.15, 0.2) is 0 Å². The molecule has 0 spiro atoms. The van der Waals surface area contributed by atoms with Crippen LogP contribution in [0, 0.1) is 13.8 Å². The van der Waals surface area contributed by atoms with E-state index in [-0.39, 0.29) is 0 Å². The van der Waals surface area contributed by atoms with Crippen molar-refractivity contribution in [1.82, 2.24) is 0 Å². The van der Waals surface area contributed by atoms with Gasteiger partial charge in [-0.2, -0.15) is 0 Å². The van der Waals surface area contributed by atoms with Crippen LogP contribution in [-0.2, 0) is 4.79 Å². The Hall–Kier alpha value is -1.77. The third-order valence-electron chi connectivity index (χ3n) is 3.43. The zero-order valence-electron chi connectivity index (χ0n) is 10.9. The summed E-state index contributed by atoms with van der Waals surface area (Å²) in [6.07, 6.45) is 3.05. The van der Waals surface area contributed by atoms with Crippen molar-refractivity contribution in [3.63, 3.8) is 0 Å². The Morgan fingerprint density at radius 3 is 2.50 bits per heavy atom. The highest BCUT2D eigenvalue weighted by Crippen LogP contribution is 2.26. The van der Waals surface area contributed by atoms with E-state index in [0.29, 0.717) is 0 Å². The minimum atomic E-state index is -0.829. The van der Waals surface area contributed by atoms with Crippen LogP contribution in [-0.4, -0.2) is 24.2 Å². The first-order valence-electron chi connectivity index (χ1n) is 6.31. The molecule has 3 heteroatoms. The SMILES string of the molecule is Cc1ccc(N2CCC(=CC(=O)O)CC2)c(C)c1. The maximum atomic E-state index is 10.6. The summed E-state index contributed by atoms with van der Waals surface area (Å²) >= 11 is 0. The van der Waals surface area contributed by atoms with E-state index in [1.807, 2.05) is 0 Å². The molecule has 0 aromatic heterocycles. The van der Waals surface area contributed by atoms with Crippen LogP contribution >= 0.6 is 0 Å². The molecule has 2 rings (SSSR count). The predicted octanol–water partition coefficient (Wildman–Crippen LogP) is 2.91. The number of aryl methyl sites for hydroxylation is 2. The first-order chi connectivity index (χ1) is 8.56. The molecule has 1 heterocycles. The summed E-state index contributed by atoms with van der Waals surface area (Å²) in [6, 6.07) is 6.49. The van der Waals surface area contributed by atoms with Gasteiger partial charge in [0.2, 0.25) is 0 Å². The summed E-state index contributed by atoms with van der Waals surface area (Å²) < 4.78 is 0. The minimum Gasteiger partial charge on any atom is -0.478 e. The van der Waals surface area contributed by atoms with Crippen LogP contribution in [0.1, 0.15) is 24.0 Å². The van der Waals surface area contributed by atoms with Crippen LogP contribution < -0.4 is 4.90 Å². The molecule has 0 saturated carbocycles. The lowest BCUT2D eigenvalue weighted by atomic mass is 10.0. The highest BCUT2D eigenvalue weighted by Gasteiger charge is 2.16. The molecule has 0 atom stereocenters. The first kappa shape index (κ1) is 12.7. The number of anilines is 1. The van der Waals surface area contributed by atoms with Gasteiger partial charge in [0.1, 0.15) is 0 Å². The van der Waals surface area contributed by atoms with Crippen LogP contribution in [0.4, 0.5) is 5.69 Å². The largest absolute Gasteiger partial charge is 0.478 e. The molecule has 1 N–H and O–H groups in total. The quantitative estimate of drug-likeness (QED) is 0.814. The van der Waals surface area contributed by atoms with Crippen molar-refractivity contribution < 1.29 is 9.90 Å². The van der Waals surface area contributed by atoms with E-state index in [1.165, 1.54) is 22.9 Å². The molecule has 1 fully saturated rings. The monoisotopic (exact) mass is 245 g/mol. The van der Waals surface area contributed by atoms with Crippen LogP contribution in [0.5, 0.6) is 0 Å². The Balaban J connectivity index is 2.08. The Morgan fingerprint density at radius 2 is 1.94 bits per heavy atom. The standard InChI is InChI=1S/C15H19NO2/c1-11-3-4-14(12(2)9-11)16-7-5-13(6-8-16)10-15(17)18/h3-4,9-10H,5-8H2,1-2H3,(H,17,18). The Labute approximate surface area is 108 Å². The molecule has 3 nitrogen and oxygen atoms in total. The van der Waals surface area contributed by atoms with E-state index in [1.54, 1.807) is 0 Å². The number of aliphatic carboxylic acids is 1. The molecule has 0 unspecified atom stereocenters. The van der Waals surface area contributed by atoms with Gasteiger partial charge in [-0.25, -0.2) is 4.79 Å². The maximum Gasteiger partial charge on any atom is 0.328 e. The number of nitrogens with zero attached hydrogens (tertiary/aromatic N) is 1. The number of carboxylic acid groups (broad SMARTS) is 1. The molecule has 1 aromatic rings. The van der Waals surface area contributed by atoms with E-state index in [0.717, 1.165) is 31.5 Å². The fourth-order valence-corrected chi connectivity index (χ4v) is 2.51. The minimum absolute atomic E-state index is 0.829. The van der Waals surface area contributed by atoms with Crippen LogP contribution in [0.2, 0.25) is 0 Å². The molecule has 0 amide bonds. The van der Waals surface area contributed by atoms with E-state index < -0.39 is 5.97 Å². The van der Waals surface area contributed by atoms with Gasteiger partial charge in [-0.1, -0.05) is 23.3 Å². The van der Waals surface area contributed by atoms with Crippen molar-refractivity contribution in [1.29, 1.82) is 0 Å². The van der Waals surface area contributed by atoms with Gasteiger partial charge in [-0.15, -0.1) is 0 Å². The van der Waals surface area contributed by atoms with E-state index >= 15 is 0 Å². The summed E-state index contributed by atoms with van der Waals surface area (Å²) in [5.41, 5.74) is 4.89. The van der Waals surface area contributed by atoms with Crippen molar-refractivity contribution in [3.05, 3.63) is 41.0 Å². The summed E-state index contributed by atoms with van der Waals surface area (Å²) in [4.78, 5) is 13.0. The number of piperidine rings is 1. The molecule has 1 aliphatic heterocycles. The zero-order valence-corrected chi connectivity index (χ0v) is 10.9.